The fourth-order valence-corrected chi connectivity index (χ4v) is 3.51. The molecular formula is C21H20N4O5S. The summed E-state index contributed by atoms with van der Waals surface area (Å²) in [5, 5.41) is 17.7. The largest absolute Gasteiger partial charge is 0.464 e. The lowest BCUT2D eigenvalue weighted by molar-refractivity contribution is -0.384. The molecular weight excluding hydrogens is 420 g/mol. The number of nitrogens with zero attached hydrogens (tertiary/aromatic N) is 3. The molecule has 0 saturated heterocycles. The Morgan fingerprint density at radius 3 is 2.48 bits per heavy atom. The van der Waals surface area contributed by atoms with Crippen LogP contribution in [0.2, 0.25) is 0 Å². The molecule has 1 heterocycles. The maximum Gasteiger partial charge on any atom is 0.360 e. The number of non-ortho nitro benzene ring substituents is 1. The third-order valence-corrected chi connectivity index (χ3v) is 5.49. The van der Waals surface area contributed by atoms with Crippen LogP contribution in [0, 0.1) is 10.1 Å². The summed E-state index contributed by atoms with van der Waals surface area (Å²) in [5.41, 5.74) is 1.24. The van der Waals surface area contributed by atoms with Crippen LogP contribution in [-0.2, 0) is 9.53 Å². The average Bonchev–Trinajstić information content (AvgIpc) is 3.21. The number of nitrogens with one attached hydrogen (secondary N) is 1. The first kappa shape index (κ1) is 22.0. The summed E-state index contributed by atoms with van der Waals surface area (Å²) in [5.74, 6) is -0.949. The van der Waals surface area contributed by atoms with Crippen LogP contribution >= 0.6 is 11.8 Å². The molecule has 0 radical (unpaired) electrons. The number of rotatable bonds is 8. The molecule has 0 aliphatic rings. The van der Waals surface area contributed by atoms with Gasteiger partial charge in [-0.3, -0.25) is 19.6 Å². The van der Waals surface area contributed by atoms with Gasteiger partial charge in [0, 0.05) is 17.0 Å². The van der Waals surface area contributed by atoms with Gasteiger partial charge in [0.15, 0.2) is 5.69 Å². The first-order valence-electron chi connectivity index (χ1n) is 9.28. The summed E-state index contributed by atoms with van der Waals surface area (Å²) in [7, 11) is 1.25. The lowest BCUT2D eigenvalue weighted by atomic mass is 10.1. The van der Waals surface area contributed by atoms with Crippen LogP contribution in [0.1, 0.15) is 29.0 Å². The molecule has 3 rings (SSSR count). The number of thioether (sulfide) groups is 1. The topological polar surface area (TPSA) is 116 Å². The second-order valence-electron chi connectivity index (χ2n) is 6.54. The minimum Gasteiger partial charge on any atom is -0.464 e. The summed E-state index contributed by atoms with van der Waals surface area (Å²) >= 11 is 1.22. The second-order valence-corrected chi connectivity index (χ2v) is 7.59. The van der Waals surface area contributed by atoms with Crippen molar-refractivity contribution >= 4 is 35.0 Å². The Morgan fingerprint density at radius 1 is 1.19 bits per heavy atom. The van der Waals surface area contributed by atoms with Crippen LogP contribution < -0.4 is 5.32 Å². The van der Waals surface area contributed by atoms with E-state index in [2.05, 4.69) is 10.4 Å². The number of nitro benzene ring substituents is 1. The molecule has 1 N–H and O–H groups in total. The number of hydrogen-bond acceptors (Lipinski definition) is 7. The van der Waals surface area contributed by atoms with Crippen LogP contribution in [0.3, 0.4) is 0 Å². The fraction of sp³-hybridized carbons (Fsp3) is 0.190. The number of carbonyl (C=O) groups is 2. The molecule has 0 spiro atoms. The minimum absolute atomic E-state index is 0.0129. The molecule has 1 atom stereocenters. The van der Waals surface area contributed by atoms with E-state index in [4.69, 9.17) is 4.74 Å². The predicted molar refractivity (Wildman–Crippen MR) is 116 cm³/mol. The molecule has 10 heteroatoms. The molecule has 0 saturated carbocycles. The maximum atomic E-state index is 12.4. The summed E-state index contributed by atoms with van der Waals surface area (Å²) in [6.07, 6.45) is 1.60. The van der Waals surface area contributed by atoms with Crippen molar-refractivity contribution in [2.24, 2.45) is 0 Å². The number of anilines is 1. The van der Waals surface area contributed by atoms with Crippen LogP contribution in [0.5, 0.6) is 0 Å². The van der Waals surface area contributed by atoms with Gasteiger partial charge < -0.3 is 10.1 Å². The Labute approximate surface area is 182 Å². The van der Waals surface area contributed by atoms with Crippen molar-refractivity contribution in [3.8, 4) is 0 Å². The monoisotopic (exact) mass is 440 g/mol. The molecule has 0 bridgehead atoms. The Hall–Kier alpha value is -3.66. The number of carbonyl (C=O) groups excluding carboxylic acids is 2. The number of nitro groups is 1. The van der Waals surface area contributed by atoms with E-state index in [9.17, 15) is 19.7 Å². The van der Waals surface area contributed by atoms with Crippen molar-refractivity contribution in [3.63, 3.8) is 0 Å². The van der Waals surface area contributed by atoms with E-state index in [0.29, 0.717) is 4.90 Å². The first-order chi connectivity index (χ1) is 14.9. The second kappa shape index (κ2) is 9.90. The van der Waals surface area contributed by atoms with E-state index in [1.54, 1.807) is 23.0 Å². The number of hydrogen-bond donors (Lipinski definition) is 1. The average molecular weight is 440 g/mol. The summed E-state index contributed by atoms with van der Waals surface area (Å²) in [4.78, 5) is 35.5. The predicted octanol–water partition coefficient (Wildman–Crippen LogP) is 3.92. The summed E-state index contributed by atoms with van der Waals surface area (Å²) in [6.45, 7) is 1.93. The van der Waals surface area contributed by atoms with E-state index in [-0.39, 0.29) is 34.8 Å². The molecule has 0 aliphatic carbocycles. The van der Waals surface area contributed by atoms with E-state index in [1.165, 1.54) is 31.0 Å². The number of benzene rings is 2. The third kappa shape index (κ3) is 5.48. The highest BCUT2D eigenvalue weighted by molar-refractivity contribution is 8.00. The van der Waals surface area contributed by atoms with Crippen LogP contribution in [0.4, 0.5) is 11.4 Å². The Bertz CT molecular complexity index is 1080. The highest BCUT2D eigenvalue weighted by Gasteiger charge is 2.21. The molecule has 2 aromatic carbocycles. The van der Waals surface area contributed by atoms with Crippen molar-refractivity contribution in [2.75, 3.05) is 18.2 Å². The zero-order valence-corrected chi connectivity index (χ0v) is 17.7. The molecule has 0 aliphatic heterocycles. The standard InChI is InChI=1S/C21H20N4O5S/c1-14(15-6-4-3-5-7-15)24-12-18(20(23-24)21(27)30-2)22-19(26)13-31-17-10-8-16(9-11-17)25(28)29/h3-12,14H,13H2,1-2H3,(H,22,26). The minimum atomic E-state index is -0.655. The number of amides is 1. The van der Waals surface area contributed by atoms with Crippen molar-refractivity contribution in [1.29, 1.82) is 0 Å². The first-order valence-corrected chi connectivity index (χ1v) is 10.3. The van der Waals surface area contributed by atoms with E-state index in [1.807, 2.05) is 37.3 Å². The van der Waals surface area contributed by atoms with Gasteiger partial charge >= 0.3 is 5.97 Å². The van der Waals surface area contributed by atoms with Crippen LogP contribution in [0.15, 0.2) is 65.7 Å². The van der Waals surface area contributed by atoms with Gasteiger partial charge in [0.1, 0.15) is 0 Å². The van der Waals surface area contributed by atoms with E-state index >= 15 is 0 Å². The fourth-order valence-electron chi connectivity index (χ4n) is 2.81. The van der Waals surface area contributed by atoms with Crippen LogP contribution in [0.25, 0.3) is 0 Å². The van der Waals surface area contributed by atoms with Gasteiger partial charge in [-0.25, -0.2) is 4.79 Å². The zero-order valence-electron chi connectivity index (χ0n) is 16.8. The van der Waals surface area contributed by atoms with Crippen LogP contribution in [-0.4, -0.2) is 39.4 Å². The lowest BCUT2D eigenvalue weighted by Crippen LogP contribution is -2.16. The molecule has 160 valence electrons. The van der Waals surface area contributed by atoms with E-state index < -0.39 is 10.9 Å². The summed E-state index contributed by atoms with van der Waals surface area (Å²) < 4.78 is 6.39. The van der Waals surface area contributed by atoms with Gasteiger partial charge in [-0.2, -0.15) is 5.10 Å². The smallest absolute Gasteiger partial charge is 0.360 e. The normalized spacial score (nSPS) is 11.5. The van der Waals surface area contributed by atoms with Gasteiger partial charge in [-0.1, -0.05) is 30.3 Å². The quantitative estimate of drug-likeness (QED) is 0.244. The van der Waals surface area contributed by atoms with Gasteiger partial charge in [-0.05, 0) is 24.6 Å². The number of ether oxygens (including phenoxy) is 1. The zero-order chi connectivity index (χ0) is 22.4. The molecule has 1 aromatic heterocycles. The van der Waals surface area contributed by atoms with E-state index in [0.717, 1.165) is 5.56 Å². The Morgan fingerprint density at radius 2 is 1.87 bits per heavy atom. The number of esters is 1. The van der Waals surface area contributed by atoms with Crippen molar-refractivity contribution in [1.82, 2.24) is 9.78 Å². The Balaban J connectivity index is 1.71. The van der Waals surface area contributed by atoms with Crippen molar-refractivity contribution in [2.45, 2.75) is 17.9 Å². The molecule has 0 fully saturated rings. The molecule has 31 heavy (non-hydrogen) atoms. The van der Waals surface area contributed by atoms with Gasteiger partial charge in [0.05, 0.1) is 35.7 Å². The highest BCUT2D eigenvalue weighted by Crippen LogP contribution is 2.24. The number of aromatic nitrogens is 2. The van der Waals surface area contributed by atoms with Gasteiger partial charge in [-0.15, -0.1) is 11.8 Å². The third-order valence-electron chi connectivity index (χ3n) is 4.48. The highest BCUT2D eigenvalue weighted by atomic mass is 32.2. The summed E-state index contributed by atoms with van der Waals surface area (Å²) in [6, 6.07) is 15.4. The van der Waals surface area contributed by atoms with Crippen molar-refractivity contribution < 1.29 is 19.2 Å². The SMILES string of the molecule is COC(=O)c1nn(C(C)c2ccccc2)cc1NC(=O)CSc1ccc([N+](=O)[O-])cc1. The van der Waals surface area contributed by atoms with Crippen molar-refractivity contribution in [3.05, 3.63) is 82.2 Å². The van der Waals surface area contributed by atoms with Gasteiger partial charge in [0.25, 0.3) is 5.69 Å². The molecule has 9 nitrogen and oxygen atoms in total. The Kier molecular flexibility index (Phi) is 7.03. The van der Waals surface area contributed by atoms with Gasteiger partial charge in [0.2, 0.25) is 5.91 Å². The maximum absolute atomic E-state index is 12.4. The molecule has 3 aromatic rings. The number of methoxy groups -OCH3 is 1. The lowest BCUT2D eigenvalue weighted by Gasteiger charge is -2.12. The molecule has 1 amide bonds. The molecule has 1 unspecified atom stereocenters.